The van der Waals surface area contributed by atoms with E-state index in [1.165, 1.54) is 0 Å². The molecule has 6 nitrogen and oxygen atoms in total. The van der Waals surface area contributed by atoms with E-state index >= 15 is 0 Å². The number of urea groups is 1. The molecule has 0 saturated carbocycles. The Balaban J connectivity index is 1.38. The molecule has 3 aromatic rings. The standard InChI is InChI=1S/C19H23N5O/c1-22-11-8-16-4-2-5-17(18(16)22)21-19(25)23-12-6-15(7-13-23)14-24-10-3-9-20-24/h2-5,8-11,15H,6-7,12-14H2,1H3,(H,21,25). The summed E-state index contributed by atoms with van der Waals surface area (Å²) in [5.41, 5.74) is 1.93. The van der Waals surface area contributed by atoms with Crippen molar-refractivity contribution in [3.63, 3.8) is 0 Å². The van der Waals surface area contributed by atoms with Crippen molar-refractivity contribution >= 4 is 22.6 Å². The van der Waals surface area contributed by atoms with Crippen molar-refractivity contribution in [2.75, 3.05) is 18.4 Å². The van der Waals surface area contributed by atoms with Gasteiger partial charge in [0.1, 0.15) is 0 Å². The SMILES string of the molecule is Cn1ccc2cccc(NC(=O)N3CCC(Cn4cccn4)CC3)c21. The van der Waals surface area contributed by atoms with Gasteiger partial charge < -0.3 is 14.8 Å². The van der Waals surface area contributed by atoms with Crippen LogP contribution in [0.15, 0.2) is 48.9 Å². The lowest BCUT2D eigenvalue weighted by molar-refractivity contribution is 0.175. The third-order valence-electron chi connectivity index (χ3n) is 5.05. The molecule has 25 heavy (non-hydrogen) atoms. The van der Waals surface area contributed by atoms with Gasteiger partial charge in [0.2, 0.25) is 0 Å². The Morgan fingerprint density at radius 1 is 1.20 bits per heavy atom. The Labute approximate surface area is 147 Å². The Kier molecular flexibility index (Phi) is 4.17. The van der Waals surface area contributed by atoms with Crippen molar-refractivity contribution in [2.45, 2.75) is 19.4 Å². The summed E-state index contributed by atoms with van der Waals surface area (Å²) in [4.78, 5) is 14.6. The summed E-state index contributed by atoms with van der Waals surface area (Å²) in [5, 5.41) is 8.50. The normalized spacial score (nSPS) is 15.6. The maximum absolute atomic E-state index is 12.7. The molecule has 1 aliphatic rings. The second kappa shape index (κ2) is 6.63. The van der Waals surface area contributed by atoms with E-state index < -0.39 is 0 Å². The molecule has 1 aromatic carbocycles. The number of aromatic nitrogens is 3. The highest BCUT2D eigenvalue weighted by Gasteiger charge is 2.23. The van der Waals surface area contributed by atoms with Crippen LogP contribution in [0.3, 0.4) is 0 Å². The first-order valence-corrected chi connectivity index (χ1v) is 8.78. The lowest BCUT2D eigenvalue weighted by atomic mass is 9.97. The number of amides is 2. The van der Waals surface area contributed by atoms with Gasteiger partial charge in [-0.05, 0) is 37.0 Å². The van der Waals surface area contributed by atoms with Crippen molar-refractivity contribution in [1.82, 2.24) is 19.2 Å². The summed E-state index contributed by atoms with van der Waals surface area (Å²) in [5.74, 6) is 0.584. The summed E-state index contributed by atoms with van der Waals surface area (Å²) in [7, 11) is 2.00. The number of hydrogen-bond donors (Lipinski definition) is 1. The number of piperidine rings is 1. The first-order chi connectivity index (χ1) is 12.2. The lowest BCUT2D eigenvalue weighted by Crippen LogP contribution is -2.41. The maximum atomic E-state index is 12.7. The van der Waals surface area contributed by atoms with Gasteiger partial charge in [0, 0.05) is 50.7 Å². The third-order valence-corrected chi connectivity index (χ3v) is 5.05. The Morgan fingerprint density at radius 2 is 2.04 bits per heavy atom. The van der Waals surface area contributed by atoms with E-state index in [0.29, 0.717) is 5.92 Å². The molecule has 1 saturated heterocycles. The fraction of sp³-hybridized carbons (Fsp3) is 0.368. The largest absolute Gasteiger partial charge is 0.349 e. The van der Waals surface area contributed by atoms with Crippen molar-refractivity contribution in [3.05, 3.63) is 48.9 Å². The van der Waals surface area contributed by atoms with Gasteiger partial charge in [0.05, 0.1) is 11.2 Å². The highest BCUT2D eigenvalue weighted by Crippen LogP contribution is 2.25. The van der Waals surface area contributed by atoms with Crippen molar-refractivity contribution in [2.24, 2.45) is 13.0 Å². The summed E-state index contributed by atoms with van der Waals surface area (Å²) >= 11 is 0. The molecule has 0 bridgehead atoms. The highest BCUT2D eigenvalue weighted by atomic mass is 16.2. The van der Waals surface area contributed by atoms with E-state index in [1.807, 2.05) is 58.0 Å². The Bertz CT molecular complexity index is 859. The molecule has 1 fully saturated rings. The smallest absolute Gasteiger partial charge is 0.321 e. The van der Waals surface area contributed by atoms with E-state index in [2.05, 4.69) is 22.5 Å². The van der Waals surface area contributed by atoms with Crippen molar-refractivity contribution in [3.8, 4) is 0 Å². The molecular formula is C19H23N5O. The fourth-order valence-corrected chi connectivity index (χ4v) is 3.64. The summed E-state index contributed by atoms with van der Waals surface area (Å²) in [6.45, 7) is 2.52. The van der Waals surface area contributed by atoms with Gasteiger partial charge in [-0.2, -0.15) is 5.10 Å². The van der Waals surface area contributed by atoms with Crippen LogP contribution in [0.2, 0.25) is 0 Å². The first-order valence-electron chi connectivity index (χ1n) is 8.78. The second-order valence-corrected chi connectivity index (χ2v) is 6.76. The zero-order valence-corrected chi connectivity index (χ0v) is 14.4. The molecule has 0 radical (unpaired) electrons. The number of likely N-dealkylation sites (tertiary alicyclic amines) is 1. The number of hydrogen-bond acceptors (Lipinski definition) is 2. The van der Waals surface area contributed by atoms with E-state index in [0.717, 1.165) is 49.1 Å². The summed E-state index contributed by atoms with van der Waals surface area (Å²) in [6.07, 6.45) is 7.86. The summed E-state index contributed by atoms with van der Waals surface area (Å²) in [6, 6.07) is 10.0. The molecule has 1 aliphatic heterocycles. The average Bonchev–Trinajstić information content (AvgIpc) is 3.26. The van der Waals surface area contributed by atoms with Crippen LogP contribution in [0.1, 0.15) is 12.8 Å². The van der Waals surface area contributed by atoms with Crippen LogP contribution in [0.5, 0.6) is 0 Å². The Morgan fingerprint density at radius 3 is 2.80 bits per heavy atom. The van der Waals surface area contributed by atoms with Gasteiger partial charge in [-0.1, -0.05) is 12.1 Å². The molecule has 3 heterocycles. The van der Waals surface area contributed by atoms with Gasteiger partial charge in [0.25, 0.3) is 0 Å². The molecule has 6 heteroatoms. The first kappa shape index (κ1) is 15.7. The monoisotopic (exact) mass is 337 g/mol. The number of carbonyl (C=O) groups is 1. The van der Waals surface area contributed by atoms with Gasteiger partial charge in [-0.15, -0.1) is 0 Å². The number of rotatable bonds is 3. The quantitative estimate of drug-likeness (QED) is 0.797. The molecule has 0 unspecified atom stereocenters. The van der Waals surface area contributed by atoms with Gasteiger partial charge in [0.15, 0.2) is 0 Å². The number of para-hydroxylation sites is 1. The van der Waals surface area contributed by atoms with Crippen LogP contribution in [0.25, 0.3) is 10.9 Å². The molecular weight excluding hydrogens is 314 g/mol. The van der Waals surface area contributed by atoms with Crippen LogP contribution in [0, 0.1) is 5.92 Å². The highest BCUT2D eigenvalue weighted by molar-refractivity contribution is 6.00. The third kappa shape index (κ3) is 3.24. The van der Waals surface area contributed by atoms with Gasteiger partial charge >= 0.3 is 6.03 Å². The number of fused-ring (bicyclic) bond motifs is 1. The number of anilines is 1. The number of carbonyl (C=O) groups excluding carboxylic acids is 1. The zero-order chi connectivity index (χ0) is 17.2. The number of aryl methyl sites for hydroxylation is 1. The van der Waals surface area contributed by atoms with E-state index in [1.54, 1.807) is 0 Å². The molecule has 130 valence electrons. The number of nitrogens with one attached hydrogen (secondary N) is 1. The molecule has 2 aromatic heterocycles. The molecule has 0 spiro atoms. The molecule has 4 rings (SSSR count). The lowest BCUT2D eigenvalue weighted by Gasteiger charge is -2.32. The topological polar surface area (TPSA) is 55.1 Å². The average molecular weight is 337 g/mol. The fourth-order valence-electron chi connectivity index (χ4n) is 3.64. The van der Waals surface area contributed by atoms with E-state index in [-0.39, 0.29) is 6.03 Å². The predicted molar refractivity (Wildman–Crippen MR) is 98.5 cm³/mol. The van der Waals surface area contributed by atoms with Crippen molar-refractivity contribution in [1.29, 1.82) is 0 Å². The number of benzene rings is 1. The minimum Gasteiger partial charge on any atom is -0.349 e. The molecule has 1 N–H and O–H groups in total. The van der Waals surface area contributed by atoms with Gasteiger partial charge in [-0.25, -0.2) is 4.79 Å². The van der Waals surface area contributed by atoms with E-state index in [4.69, 9.17) is 0 Å². The minimum absolute atomic E-state index is 0.00811. The molecule has 0 aliphatic carbocycles. The van der Waals surface area contributed by atoms with Crippen LogP contribution in [0.4, 0.5) is 10.5 Å². The maximum Gasteiger partial charge on any atom is 0.321 e. The van der Waals surface area contributed by atoms with Crippen LogP contribution in [-0.4, -0.2) is 38.4 Å². The van der Waals surface area contributed by atoms with Crippen molar-refractivity contribution < 1.29 is 4.79 Å². The van der Waals surface area contributed by atoms with Crippen LogP contribution >= 0.6 is 0 Å². The Hall–Kier alpha value is -2.76. The second-order valence-electron chi connectivity index (χ2n) is 6.76. The predicted octanol–water partition coefficient (Wildman–Crippen LogP) is 3.32. The summed E-state index contributed by atoms with van der Waals surface area (Å²) < 4.78 is 4.03. The minimum atomic E-state index is -0.00811. The molecule has 0 atom stereocenters. The van der Waals surface area contributed by atoms with Crippen LogP contribution < -0.4 is 5.32 Å². The zero-order valence-electron chi connectivity index (χ0n) is 14.4. The molecule has 2 amide bonds. The van der Waals surface area contributed by atoms with E-state index in [9.17, 15) is 4.79 Å². The van der Waals surface area contributed by atoms with Crippen LogP contribution in [-0.2, 0) is 13.6 Å². The van der Waals surface area contributed by atoms with Gasteiger partial charge in [-0.3, -0.25) is 4.68 Å². The number of nitrogens with zero attached hydrogens (tertiary/aromatic N) is 4.